The number of carbonyl (C=O) groups excluding carboxylic acids is 3. The Kier molecular flexibility index (Phi) is 5.15. The van der Waals surface area contributed by atoms with Crippen LogP contribution in [0.3, 0.4) is 0 Å². The monoisotopic (exact) mass is 344 g/mol. The van der Waals surface area contributed by atoms with Crippen LogP contribution in [0.15, 0.2) is 24.3 Å². The molecule has 0 bridgehead atoms. The summed E-state index contributed by atoms with van der Waals surface area (Å²) in [5, 5.41) is 2.67. The van der Waals surface area contributed by atoms with Gasteiger partial charge in [-0.25, -0.2) is 4.90 Å². The third-order valence-corrected chi connectivity index (χ3v) is 4.86. The molecule has 2 fully saturated rings. The second-order valence-electron chi connectivity index (χ2n) is 6.49. The van der Waals surface area contributed by atoms with Crippen LogP contribution in [0.1, 0.15) is 20.3 Å². The minimum absolute atomic E-state index is 0.151. The van der Waals surface area contributed by atoms with Crippen LogP contribution < -0.4 is 10.2 Å². The number of nitrogens with zero attached hydrogens (tertiary/aromatic N) is 3. The lowest BCUT2D eigenvalue weighted by atomic mass is 10.1. The summed E-state index contributed by atoms with van der Waals surface area (Å²) in [7, 11) is 0. The standard InChI is InChI=1S/C18H24N4O3/c1-3-20-8-10-21(11-9-20)16-12-17(24)22(18(16)25)15-6-4-14(5-7-15)19-13(2)23/h4-7,16H,3,8-12H2,1-2H3,(H,19,23)/t16-/m1/s1. The van der Waals surface area contributed by atoms with E-state index >= 15 is 0 Å². The highest BCUT2D eigenvalue weighted by molar-refractivity contribution is 6.22. The van der Waals surface area contributed by atoms with Crippen LogP contribution in [0.5, 0.6) is 0 Å². The number of rotatable bonds is 4. The van der Waals surface area contributed by atoms with Crippen LogP contribution >= 0.6 is 0 Å². The molecule has 1 N–H and O–H groups in total. The SMILES string of the molecule is CCN1CCN([C@@H]2CC(=O)N(c3ccc(NC(C)=O)cc3)C2=O)CC1. The Morgan fingerprint density at radius 1 is 1.12 bits per heavy atom. The Morgan fingerprint density at radius 3 is 2.32 bits per heavy atom. The van der Waals surface area contributed by atoms with Gasteiger partial charge in [-0.15, -0.1) is 0 Å². The Morgan fingerprint density at radius 2 is 1.76 bits per heavy atom. The van der Waals surface area contributed by atoms with Crippen molar-refractivity contribution < 1.29 is 14.4 Å². The van der Waals surface area contributed by atoms with Gasteiger partial charge in [0.25, 0.3) is 5.91 Å². The summed E-state index contributed by atoms with van der Waals surface area (Å²) in [6.07, 6.45) is 0.235. The van der Waals surface area contributed by atoms with Gasteiger partial charge in [-0.3, -0.25) is 19.3 Å². The van der Waals surface area contributed by atoms with Crippen molar-refractivity contribution in [2.45, 2.75) is 26.3 Å². The molecule has 0 spiro atoms. The summed E-state index contributed by atoms with van der Waals surface area (Å²) >= 11 is 0. The van der Waals surface area contributed by atoms with E-state index < -0.39 is 0 Å². The molecule has 0 unspecified atom stereocenters. The summed E-state index contributed by atoms with van der Waals surface area (Å²) in [6.45, 7) is 8.06. The first-order valence-corrected chi connectivity index (χ1v) is 8.70. The van der Waals surface area contributed by atoms with E-state index in [1.807, 2.05) is 0 Å². The van der Waals surface area contributed by atoms with Crippen LogP contribution in [0.2, 0.25) is 0 Å². The van der Waals surface area contributed by atoms with Gasteiger partial charge in [0.1, 0.15) is 0 Å². The van der Waals surface area contributed by atoms with E-state index in [1.54, 1.807) is 24.3 Å². The van der Waals surface area contributed by atoms with Crippen LogP contribution in [-0.4, -0.2) is 66.3 Å². The Balaban J connectivity index is 1.70. The van der Waals surface area contributed by atoms with Crippen molar-refractivity contribution in [3.63, 3.8) is 0 Å². The summed E-state index contributed by atoms with van der Waals surface area (Å²) in [5.74, 6) is -0.477. The highest BCUT2D eigenvalue weighted by Gasteiger charge is 2.43. The molecule has 1 atom stereocenters. The molecule has 25 heavy (non-hydrogen) atoms. The molecule has 0 saturated carbocycles. The Labute approximate surface area is 147 Å². The molecule has 7 heteroatoms. The molecule has 2 aliphatic heterocycles. The average Bonchev–Trinajstić information content (AvgIpc) is 2.90. The molecule has 2 heterocycles. The Hall–Kier alpha value is -2.25. The number of imide groups is 1. The van der Waals surface area contributed by atoms with E-state index in [9.17, 15) is 14.4 Å². The molecule has 0 aliphatic carbocycles. The molecule has 2 saturated heterocycles. The topological polar surface area (TPSA) is 73.0 Å². The van der Waals surface area contributed by atoms with Crippen molar-refractivity contribution in [3.8, 4) is 0 Å². The second-order valence-corrected chi connectivity index (χ2v) is 6.49. The number of benzene rings is 1. The molecule has 2 aliphatic rings. The second kappa shape index (κ2) is 7.33. The van der Waals surface area contributed by atoms with Gasteiger partial charge >= 0.3 is 0 Å². The van der Waals surface area contributed by atoms with Crippen molar-refractivity contribution in [1.29, 1.82) is 0 Å². The molecule has 3 amide bonds. The third kappa shape index (κ3) is 3.72. The van der Waals surface area contributed by atoms with E-state index in [1.165, 1.54) is 11.8 Å². The molecule has 7 nitrogen and oxygen atoms in total. The van der Waals surface area contributed by atoms with Crippen LogP contribution in [0.4, 0.5) is 11.4 Å². The number of likely N-dealkylation sites (N-methyl/N-ethyl adjacent to an activating group) is 1. The normalized spacial score (nSPS) is 22.5. The van der Waals surface area contributed by atoms with Gasteiger partial charge in [-0.05, 0) is 30.8 Å². The van der Waals surface area contributed by atoms with Crippen molar-refractivity contribution in [1.82, 2.24) is 9.80 Å². The number of carbonyl (C=O) groups is 3. The lowest BCUT2D eigenvalue weighted by molar-refractivity contribution is -0.123. The summed E-state index contributed by atoms with van der Waals surface area (Å²) in [6, 6.07) is 6.42. The molecular weight excluding hydrogens is 320 g/mol. The summed E-state index contributed by atoms with van der Waals surface area (Å²) < 4.78 is 0. The molecule has 0 radical (unpaired) electrons. The van der Waals surface area contributed by atoms with Crippen LogP contribution in [0.25, 0.3) is 0 Å². The number of hydrogen-bond donors (Lipinski definition) is 1. The predicted octanol–water partition coefficient (Wildman–Crippen LogP) is 0.914. The zero-order valence-corrected chi connectivity index (χ0v) is 14.7. The number of nitrogens with one attached hydrogen (secondary N) is 1. The van der Waals surface area contributed by atoms with Crippen molar-refractivity contribution >= 4 is 29.1 Å². The maximum atomic E-state index is 12.8. The van der Waals surface area contributed by atoms with Gasteiger partial charge in [-0.2, -0.15) is 0 Å². The molecule has 1 aromatic carbocycles. The first-order chi connectivity index (χ1) is 12.0. The van der Waals surface area contributed by atoms with Crippen LogP contribution in [-0.2, 0) is 14.4 Å². The van der Waals surface area contributed by atoms with Gasteiger partial charge in [0.2, 0.25) is 11.8 Å². The van der Waals surface area contributed by atoms with Crippen molar-refractivity contribution in [2.75, 3.05) is 42.9 Å². The lowest BCUT2D eigenvalue weighted by Crippen LogP contribution is -2.52. The molecule has 134 valence electrons. The van der Waals surface area contributed by atoms with E-state index in [0.29, 0.717) is 11.4 Å². The maximum Gasteiger partial charge on any atom is 0.251 e. The summed E-state index contributed by atoms with van der Waals surface area (Å²) in [4.78, 5) is 42.1. The zero-order chi connectivity index (χ0) is 18.0. The quantitative estimate of drug-likeness (QED) is 0.822. The largest absolute Gasteiger partial charge is 0.326 e. The van der Waals surface area contributed by atoms with Gasteiger partial charge in [0.15, 0.2) is 0 Å². The van der Waals surface area contributed by atoms with E-state index in [-0.39, 0.29) is 30.2 Å². The van der Waals surface area contributed by atoms with Gasteiger partial charge < -0.3 is 10.2 Å². The Bertz CT molecular complexity index is 665. The van der Waals surface area contributed by atoms with E-state index in [0.717, 1.165) is 32.7 Å². The van der Waals surface area contributed by atoms with E-state index in [4.69, 9.17) is 0 Å². The smallest absolute Gasteiger partial charge is 0.251 e. The highest BCUT2D eigenvalue weighted by atomic mass is 16.2. The number of amides is 3. The van der Waals surface area contributed by atoms with Gasteiger partial charge in [0, 0.05) is 38.8 Å². The van der Waals surface area contributed by atoms with Crippen molar-refractivity contribution in [3.05, 3.63) is 24.3 Å². The minimum atomic E-state index is -0.360. The van der Waals surface area contributed by atoms with Gasteiger partial charge in [0.05, 0.1) is 18.2 Å². The van der Waals surface area contributed by atoms with E-state index in [2.05, 4.69) is 22.0 Å². The highest BCUT2D eigenvalue weighted by Crippen LogP contribution is 2.27. The molecule has 1 aromatic rings. The molecule has 0 aromatic heterocycles. The average molecular weight is 344 g/mol. The third-order valence-electron chi connectivity index (χ3n) is 4.86. The first kappa shape index (κ1) is 17.6. The first-order valence-electron chi connectivity index (χ1n) is 8.70. The van der Waals surface area contributed by atoms with Gasteiger partial charge in [-0.1, -0.05) is 6.92 Å². The number of hydrogen-bond acceptors (Lipinski definition) is 5. The fourth-order valence-electron chi connectivity index (χ4n) is 3.46. The zero-order valence-electron chi connectivity index (χ0n) is 14.7. The fraction of sp³-hybridized carbons (Fsp3) is 0.500. The molecular formula is C18H24N4O3. The van der Waals surface area contributed by atoms with Crippen molar-refractivity contribution in [2.24, 2.45) is 0 Å². The fourth-order valence-corrected chi connectivity index (χ4v) is 3.46. The summed E-state index contributed by atoms with van der Waals surface area (Å²) in [5.41, 5.74) is 1.20. The molecule has 3 rings (SSSR count). The lowest BCUT2D eigenvalue weighted by Gasteiger charge is -2.36. The number of piperazine rings is 1. The maximum absolute atomic E-state index is 12.8. The van der Waals surface area contributed by atoms with Crippen LogP contribution in [0, 0.1) is 0 Å². The minimum Gasteiger partial charge on any atom is -0.326 e. The number of anilines is 2. The predicted molar refractivity (Wildman–Crippen MR) is 95.3 cm³/mol.